The predicted molar refractivity (Wildman–Crippen MR) is 64.6 cm³/mol. The Morgan fingerprint density at radius 1 is 1.38 bits per heavy atom. The van der Waals surface area contributed by atoms with E-state index in [0.717, 1.165) is 31.6 Å². The Balaban J connectivity index is 2.69. The second-order valence-electron chi connectivity index (χ2n) is 4.05. The molecule has 0 aliphatic heterocycles. The van der Waals surface area contributed by atoms with Crippen molar-refractivity contribution in [3.05, 3.63) is 12.2 Å². The van der Waals surface area contributed by atoms with Crippen molar-refractivity contribution in [2.75, 3.05) is 0 Å². The topological polar surface area (TPSA) is 68.8 Å². The first-order chi connectivity index (χ1) is 7.76. The Labute approximate surface area is 97.4 Å². The summed E-state index contributed by atoms with van der Waals surface area (Å²) in [5.74, 6) is 7.23. The van der Waals surface area contributed by atoms with Crippen LogP contribution in [0.5, 0.6) is 0 Å². The number of hydrogen-bond acceptors (Lipinski definition) is 4. The lowest BCUT2D eigenvalue weighted by Gasteiger charge is -2.24. The molecule has 1 unspecified atom stereocenters. The fourth-order valence-electron chi connectivity index (χ4n) is 2.13. The number of nitrogens with two attached hydrogens (primary N) is 1. The van der Waals surface area contributed by atoms with Gasteiger partial charge in [0.05, 0.1) is 0 Å². The summed E-state index contributed by atoms with van der Waals surface area (Å²) in [4.78, 5) is 4.28. The average molecular weight is 225 g/mol. The van der Waals surface area contributed by atoms with Gasteiger partial charge in [-0.1, -0.05) is 26.7 Å². The molecule has 1 rings (SSSR count). The number of rotatable bonds is 7. The standard InChI is InChI=1S/C11H23N5/c1-4-9(5-2)10(15-12)7-11-13-8-14-16(11)6-3/h8-10,15H,4-7,12H2,1-3H3. The van der Waals surface area contributed by atoms with Gasteiger partial charge in [-0.2, -0.15) is 5.10 Å². The molecule has 1 aromatic heterocycles. The first kappa shape index (κ1) is 13.1. The van der Waals surface area contributed by atoms with E-state index in [0.29, 0.717) is 5.92 Å². The quantitative estimate of drug-likeness (QED) is 0.539. The molecule has 0 fully saturated rings. The van der Waals surface area contributed by atoms with E-state index in [1.165, 1.54) is 0 Å². The maximum absolute atomic E-state index is 5.63. The van der Waals surface area contributed by atoms with E-state index in [-0.39, 0.29) is 6.04 Å². The van der Waals surface area contributed by atoms with Gasteiger partial charge in [-0.15, -0.1) is 0 Å². The lowest BCUT2D eigenvalue weighted by atomic mass is 9.92. The smallest absolute Gasteiger partial charge is 0.138 e. The molecule has 5 nitrogen and oxygen atoms in total. The highest BCUT2D eigenvalue weighted by molar-refractivity contribution is 4.91. The molecule has 0 aliphatic rings. The van der Waals surface area contributed by atoms with Gasteiger partial charge in [0.1, 0.15) is 12.2 Å². The molecule has 0 radical (unpaired) electrons. The summed E-state index contributed by atoms with van der Waals surface area (Å²) in [6.07, 6.45) is 4.72. The molecule has 92 valence electrons. The molecule has 0 bridgehead atoms. The highest BCUT2D eigenvalue weighted by atomic mass is 15.3. The van der Waals surface area contributed by atoms with Gasteiger partial charge in [-0.3, -0.25) is 16.0 Å². The number of nitrogens with one attached hydrogen (secondary N) is 1. The number of aryl methyl sites for hydroxylation is 1. The molecule has 0 aliphatic carbocycles. The Morgan fingerprint density at radius 2 is 2.06 bits per heavy atom. The highest BCUT2D eigenvalue weighted by Crippen LogP contribution is 2.15. The molecular formula is C11H23N5. The molecule has 0 amide bonds. The molecule has 1 aromatic rings. The summed E-state index contributed by atoms with van der Waals surface area (Å²) in [5.41, 5.74) is 2.91. The summed E-state index contributed by atoms with van der Waals surface area (Å²) in [7, 11) is 0. The van der Waals surface area contributed by atoms with Crippen LogP contribution in [-0.4, -0.2) is 20.8 Å². The number of aromatic nitrogens is 3. The van der Waals surface area contributed by atoms with Crippen LogP contribution in [-0.2, 0) is 13.0 Å². The Hall–Kier alpha value is -0.940. The normalized spacial score (nSPS) is 13.3. The molecule has 3 N–H and O–H groups in total. The van der Waals surface area contributed by atoms with Crippen molar-refractivity contribution in [1.29, 1.82) is 0 Å². The zero-order valence-corrected chi connectivity index (χ0v) is 10.5. The number of nitrogens with zero attached hydrogens (tertiary/aromatic N) is 3. The summed E-state index contributed by atoms with van der Waals surface area (Å²) >= 11 is 0. The van der Waals surface area contributed by atoms with Crippen molar-refractivity contribution in [2.24, 2.45) is 11.8 Å². The van der Waals surface area contributed by atoms with Gasteiger partial charge in [-0.25, -0.2) is 4.98 Å². The van der Waals surface area contributed by atoms with Crippen LogP contribution in [0.3, 0.4) is 0 Å². The molecule has 0 saturated carbocycles. The van der Waals surface area contributed by atoms with Gasteiger partial charge in [0.25, 0.3) is 0 Å². The zero-order chi connectivity index (χ0) is 12.0. The summed E-state index contributed by atoms with van der Waals surface area (Å²) < 4.78 is 1.92. The maximum atomic E-state index is 5.63. The van der Waals surface area contributed by atoms with Crippen LogP contribution in [0.25, 0.3) is 0 Å². The highest BCUT2D eigenvalue weighted by Gasteiger charge is 2.19. The van der Waals surface area contributed by atoms with E-state index >= 15 is 0 Å². The first-order valence-corrected chi connectivity index (χ1v) is 6.09. The first-order valence-electron chi connectivity index (χ1n) is 6.09. The van der Waals surface area contributed by atoms with E-state index in [1.807, 2.05) is 4.68 Å². The second-order valence-corrected chi connectivity index (χ2v) is 4.05. The van der Waals surface area contributed by atoms with Gasteiger partial charge >= 0.3 is 0 Å². The molecule has 16 heavy (non-hydrogen) atoms. The van der Waals surface area contributed by atoms with Crippen molar-refractivity contribution in [3.8, 4) is 0 Å². The van der Waals surface area contributed by atoms with E-state index < -0.39 is 0 Å². The summed E-state index contributed by atoms with van der Waals surface area (Å²) in [6, 6.07) is 0.282. The van der Waals surface area contributed by atoms with Crippen LogP contribution < -0.4 is 11.3 Å². The van der Waals surface area contributed by atoms with Crippen molar-refractivity contribution in [2.45, 2.75) is 52.6 Å². The van der Waals surface area contributed by atoms with Gasteiger partial charge in [0.2, 0.25) is 0 Å². The van der Waals surface area contributed by atoms with Crippen LogP contribution in [0.4, 0.5) is 0 Å². The Kier molecular flexibility index (Phi) is 5.42. The average Bonchev–Trinajstić information content (AvgIpc) is 2.76. The predicted octanol–water partition coefficient (Wildman–Crippen LogP) is 1.11. The fraction of sp³-hybridized carbons (Fsp3) is 0.818. The molecule has 1 atom stereocenters. The molecule has 5 heteroatoms. The largest absolute Gasteiger partial charge is 0.271 e. The monoisotopic (exact) mass is 225 g/mol. The minimum Gasteiger partial charge on any atom is -0.271 e. The number of hydrazine groups is 1. The van der Waals surface area contributed by atoms with Crippen LogP contribution in [0, 0.1) is 5.92 Å². The van der Waals surface area contributed by atoms with Gasteiger partial charge in [0.15, 0.2) is 0 Å². The second kappa shape index (κ2) is 6.60. The molecule has 0 saturated heterocycles. The molecule has 0 aromatic carbocycles. The van der Waals surface area contributed by atoms with Gasteiger partial charge < -0.3 is 0 Å². The van der Waals surface area contributed by atoms with Crippen LogP contribution in [0.2, 0.25) is 0 Å². The summed E-state index contributed by atoms with van der Waals surface area (Å²) in [6.45, 7) is 7.32. The van der Waals surface area contributed by atoms with E-state index in [2.05, 4.69) is 36.3 Å². The molecule has 1 heterocycles. The maximum Gasteiger partial charge on any atom is 0.138 e. The van der Waals surface area contributed by atoms with Crippen LogP contribution in [0.15, 0.2) is 6.33 Å². The van der Waals surface area contributed by atoms with Crippen LogP contribution in [0.1, 0.15) is 39.4 Å². The van der Waals surface area contributed by atoms with E-state index in [4.69, 9.17) is 5.84 Å². The lowest BCUT2D eigenvalue weighted by molar-refractivity contribution is 0.327. The zero-order valence-electron chi connectivity index (χ0n) is 10.5. The minimum absolute atomic E-state index is 0.282. The molecular weight excluding hydrogens is 202 g/mol. The third-order valence-electron chi connectivity index (χ3n) is 3.23. The summed E-state index contributed by atoms with van der Waals surface area (Å²) in [5, 5.41) is 4.17. The third kappa shape index (κ3) is 3.02. The van der Waals surface area contributed by atoms with Crippen molar-refractivity contribution >= 4 is 0 Å². The number of hydrogen-bond donors (Lipinski definition) is 2. The SMILES string of the molecule is CCC(CC)C(Cc1ncnn1CC)NN. The Morgan fingerprint density at radius 3 is 2.56 bits per heavy atom. The van der Waals surface area contributed by atoms with E-state index in [9.17, 15) is 0 Å². The molecule has 0 spiro atoms. The van der Waals surface area contributed by atoms with Crippen LogP contribution >= 0.6 is 0 Å². The van der Waals surface area contributed by atoms with Crippen molar-refractivity contribution in [3.63, 3.8) is 0 Å². The minimum atomic E-state index is 0.282. The van der Waals surface area contributed by atoms with Gasteiger partial charge in [0, 0.05) is 19.0 Å². The van der Waals surface area contributed by atoms with Crippen molar-refractivity contribution < 1.29 is 0 Å². The van der Waals surface area contributed by atoms with Gasteiger partial charge in [-0.05, 0) is 12.8 Å². The lowest BCUT2D eigenvalue weighted by Crippen LogP contribution is -2.42. The van der Waals surface area contributed by atoms with E-state index in [1.54, 1.807) is 6.33 Å². The Bertz CT molecular complexity index is 292. The van der Waals surface area contributed by atoms with Crippen molar-refractivity contribution in [1.82, 2.24) is 20.2 Å². The third-order valence-corrected chi connectivity index (χ3v) is 3.23. The fourth-order valence-corrected chi connectivity index (χ4v) is 2.13.